The summed E-state index contributed by atoms with van der Waals surface area (Å²) in [4.78, 5) is 78.4. The molecule has 4 amide bonds. The molecule has 4 aliphatic rings. The minimum absolute atomic E-state index is 0.0594. The molecular weight excluding hydrogens is 987 g/mol. The van der Waals surface area contributed by atoms with Crippen molar-refractivity contribution in [2.45, 2.75) is 152 Å². The number of hydrogen-bond acceptors (Lipinski definition) is 15. The van der Waals surface area contributed by atoms with E-state index in [2.05, 4.69) is 62.8 Å². The smallest absolute Gasteiger partial charge is 0.254 e. The third-order valence-corrected chi connectivity index (χ3v) is 18.5. The van der Waals surface area contributed by atoms with Gasteiger partial charge < -0.3 is 41.1 Å². The van der Waals surface area contributed by atoms with Gasteiger partial charge in [-0.25, -0.2) is 28.4 Å². The molecule has 1 saturated carbocycles. The number of rotatable bonds is 16. The predicted molar refractivity (Wildman–Crippen MR) is 289 cm³/mol. The molecular formula is C55H73N13O7S. The number of ether oxygens (including phenoxy) is 1. The van der Waals surface area contributed by atoms with Gasteiger partial charge in [-0.05, 0) is 129 Å². The van der Waals surface area contributed by atoms with Crippen LogP contribution in [0.15, 0.2) is 60.0 Å². The van der Waals surface area contributed by atoms with Crippen molar-refractivity contribution in [1.29, 1.82) is 0 Å². The molecule has 2 saturated heterocycles. The Labute approximate surface area is 445 Å². The van der Waals surface area contributed by atoms with E-state index in [0.29, 0.717) is 41.6 Å². The molecule has 2 aromatic carbocycles. The number of anilines is 3. The molecule has 5 heterocycles. The van der Waals surface area contributed by atoms with Gasteiger partial charge in [0.2, 0.25) is 23.7 Å². The molecule has 0 radical (unpaired) electrons. The first-order valence-electron chi connectivity index (χ1n) is 26.9. The highest BCUT2D eigenvalue weighted by Gasteiger charge is 2.45. The quantitative estimate of drug-likeness (QED) is 0.0669. The molecule has 2 aliphatic heterocycles. The van der Waals surface area contributed by atoms with Crippen LogP contribution in [-0.4, -0.2) is 129 Å². The fourth-order valence-electron chi connectivity index (χ4n) is 11.0. The van der Waals surface area contributed by atoms with Crippen LogP contribution in [0.25, 0.3) is 10.9 Å². The zero-order chi connectivity index (χ0) is 53.9. The number of likely N-dealkylation sites (tertiary alicyclic amines) is 1. The van der Waals surface area contributed by atoms with Crippen molar-refractivity contribution in [2.24, 2.45) is 11.8 Å². The Morgan fingerprint density at radius 3 is 2.33 bits per heavy atom. The summed E-state index contributed by atoms with van der Waals surface area (Å²) >= 11 is 0. The highest BCUT2D eigenvalue weighted by molar-refractivity contribution is 7.92. The van der Waals surface area contributed by atoms with Gasteiger partial charge in [-0.2, -0.15) is 5.10 Å². The number of amides is 4. The number of aryl methyl sites for hydroxylation is 2. The van der Waals surface area contributed by atoms with Gasteiger partial charge in [0.15, 0.2) is 15.7 Å². The van der Waals surface area contributed by atoms with Crippen LogP contribution >= 0.6 is 0 Å². The highest BCUT2D eigenvalue weighted by Crippen LogP contribution is 2.39. The van der Waals surface area contributed by atoms with Crippen molar-refractivity contribution in [1.82, 2.24) is 56.3 Å². The average Bonchev–Trinajstić information content (AvgIpc) is 4.00. The standard InChI is InChI=1S/C55H73N13O7S/c1-32-33(2)65-66-48(32)64-49-41-25-46(76(73,74)55(4,5)6)45(26-43(41)59-31-60-49)75-30-35-20-22-67(23-21-35)54-57-27-38(28-58-54)51(70)61-39-24-44(52(71)62-42-19-13-17-36-14-11-12-18-40(36)42)68(29-39)53(72)47(37-15-9-8-10-16-37)63-50(69)34(3)56-7/h11-12,14,18,25-28,31,34-35,37,39,42,44,47,56H,8-10,13,15-17,19-24,29-30H2,1-7H3,(H,61,70)(H,62,71)(H,63,69)(H2,59,60,64,65,66)/t34-,39-,42+,44-,47?/m0/s1. The van der Waals surface area contributed by atoms with Crippen LogP contribution in [0.4, 0.5) is 17.6 Å². The number of benzene rings is 2. The van der Waals surface area contributed by atoms with E-state index in [1.807, 2.05) is 36.9 Å². The minimum Gasteiger partial charge on any atom is -0.492 e. The lowest BCUT2D eigenvalue weighted by Crippen LogP contribution is -2.58. The first-order chi connectivity index (χ1) is 36.4. The van der Waals surface area contributed by atoms with E-state index in [1.54, 1.807) is 51.8 Å². The second-order valence-electron chi connectivity index (χ2n) is 22.1. The number of carbonyl (C=O) groups is 4. The fourth-order valence-corrected chi connectivity index (χ4v) is 12.3. The predicted octanol–water partition coefficient (Wildman–Crippen LogP) is 5.94. The van der Waals surface area contributed by atoms with Crippen LogP contribution in [0.1, 0.15) is 131 Å². The van der Waals surface area contributed by atoms with Crippen LogP contribution in [0.3, 0.4) is 0 Å². The van der Waals surface area contributed by atoms with Gasteiger partial charge in [-0.15, -0.1) is 0 Å². The Bertz CT molecular complexity index is 3040. The number of H-pyrrole nitrogens is 1. The summed E-state index contributed by atoms with van der Waals surface area (Å²) < 4.78 is 33.5. The molecule has 21 heteroatoms. The number of aromatic amines is 1. The maximum absolute atomic E-state index is 14.8. The van der Waals surface area contributed by atoms with Crippen molar-refractivity contribution < 1.29 is 32.3 Å². The summed E-state index contributed by atoms with van der Waals surface area (Å²) in [6, 6.07) is 8.41. The number of nitrogens with one attached hydrogen (secondary N) is 6. The number of likely N-dealkylation sites (N-methyl/N-ethyl adjacent to an activating group) is 1. The third-order valence-electron chi connectivity index (χ3n) is 16.0. The van der Waals surface area contributed by atoms with Gasteiger partial charge in [-0.3, -0.25) is 24.3 Å². The number of nitrogens with zero attached hydrogens (tertiary/aromatic N) is 7. The molecule has 1 unspecified atom stereocenters. The number of aromatic nitrogens is 6. The SMILES string of the molecule is CN[C@@H](C)C(=O)NC(C(=O)N1C[C@@H](NC(=O)c2cnc(N3CCC(COc4cc5ncnc(Nc6n[nH]c(C)c6C)c5cc4S(=O)(=O)C(C)(C)C)CC3)nc2)C[C@H]1C(=O)N[C@@H]1CCCc2ccccc21)C1CCCCC1. The second-order valence-corrected chi connectivity index (χ2v) is 24.7. The summed E-state index contributed by atoms with van der Waals surface area (Å²) in [6.45, 7) is 12.2. The maximum atomic E-state index is 14.8. The second kappa shape index (κ2) is 22.8. The first-order valence-corrected chi connectivity index (χ1v) is 28.4. The Hall–Kier alpha value is -6.74. The molecule has 5 aromatic rings. The third kappa shape index (κ3) is 11.6. The zero-order valence-corrected chi connectivity index (χ0v) is 45.6. The maximum Gasteiger partial charge on any atom is 0.254 e. The fraction of sp³-hybridized carbons (Fsp3) is 0.545. The number of carbonyl (C=O) groups excluding carboxylic acids is 4. The number of sulfone groups is 1. The summed E-state index contributed by atoms with van der Waals surface area (Å²) in [7, 11) is -2.18. The van der Waals surface area contributed by atoms with E-state index in [0.717, 1.165) is 81.0 Å². The van der Waals surface area contributed by atoms with Crippen LogP contribution in [-0.2, 0) is 30.6 Å². The van der Waals surface area contributed by atoms with Crippen LogP contribution in [0, 0.1) is 25.7 Å². The normalized spacial score (nSPS) is 20.4. The molecule has 2 aliphatic carbocycles. The van der Waals surface area contributed by atoms with Gasteiger partial charge in [-0.1, -0.05) is 43.5 Å². The first kappa shape index (κ1) is 54.1. The van der Waals surface area contributed by atoms with Crippen molar-refractivity contribution in [3.63, 3.8) is 0 Å². The Kier molecular flexibility index (Phi) is 16.3. The number of piperidine rings is 1. The van der Waals surface area contributed by atoms with Gasteiger partial charge in [0, 0.05) is 60.8 Å². The molecule has 5 atom stereocenters. The lowest BCUT2D eigenvalue weighted by atomic mass is 9.83. The zero-order valence-electron chi connectivity index (χ0n) is 44.7. The summed E-state index contributed by atoms with van der Waals surface area (Å²) in [6.07, 6.45) is 13.2. The molecule has 9 rings (SSSR count). The Morgan fingerprint density at radius 2 is 1.63 bits per heavy atom. The number of fused-ring (bicyclic) bond motifs is 2. The van der Waals surface area contributed by atoms with E-state index in [1.165, 1.54) is 24.3 Å². The van der Waals surface area contributed by atoms with Gasteiger partial charge >= 0.3 is 0 Å². The van der Waals surface area contributed by atoms with E-state index in [4.69, 9.17) is 4.74 Å². The van der Waals surface area contributed by atoms with Gasteiger partial charge in [0.1, 0.15) is 34.9 Å². The van der Waals surface area contributed by atoms with Gasteiger partial charge in [0.25, 0.3) is 5.91 Å². The van der Waals surface area contributed by atoms with E-state index in [-0.39, 0.29) is 71.4 Å². The Balaban J connectivity index is 0.851. The summed E-state index contributed by atoms with van der Waals surface area (Å²) in [5, 5.41) is 23.4. The lowest BCUT2D eigenvalue weighted by Gasteiger charge is -2.35. The highest BCUT2D eigenvalue weighted by atomic mass is 32.2. The van der Waals surface area contributed by atoms with Crippen molar-refractivity contribution in [3.8, 4) is 5.75 Å². The molecule has 3 aromatic heterocycles. The van der Waals surface area contributed by atoms with Crippen molar-refractivity contribution in [3.05, 3.63) is 83.1 Å². The average molecular weight is 1060 g/mol. The van der Waals surface area contributed by atoms with E-state index >= 15 is 0 Å². The van der Waals surface area contributed by atoms with Crippen molar-refractivity contribution >= 4 is 62.0 Å². The summed E-state index contributed by atoms with van der Waals surface area (Å²) in [5.74, 6) is 0.422. The van der Waals surface area contributed by atoms with Crippen LogP contribution < -0.4 is 36.2 Å². The molecule has 0 spiro atoms. The Morgan fingerprint density at radius 1 is 0.895 bits per heavy atom. The molecule has 0 bridgehead atoms. The minimum atomic E-state index is -3.88. The van der Waals surface area contributed by atoms with Crippen LogP contribution in [0.2, 0.25) is 0 Å². The van der Waals surface area contributed by atoms with Crippen LogP contribution in [0.5, 0.6) is 5.75 Å². The largest absolute Gasteiger partial charge is 0.492 e. The number of hydrogen-bond donors (Lipinski definition) is 6. The topological polar surface area (TPSA) is 259 Å². The molecule has 6 N–H and O–H groups in total. The molecule has 3 fully saturated rings. The molecule has 76 heavy (non-hydrogen) atoms. The molecule has 406 valence electrons. The monoisotopic (exact) mass is 1060 g/mol. The molecule has 20 nitrogen and oxygen atoms in total. The summed E-state index contributed by atoms with van der Waals surface area (Å²) in [5.41, 5.74) is 4.85. The van der Waals surface area contributed by atoms with E-state index in [9.17, 15) is 27.6 Å². The van der Waals surface area contributed by atoms with E-state index < -0.39 is 44.7 Å². The van der Waals surface area contributed by atoms with Gasteiger partial charge in [0.05, 0.1) is 34.5 Å². The lowest BCUT2D eigenvalue weighted by molar-refractivity contribution is -0.143. The van der Waals surface area contributed by atoms with Crippen molar-refractivity contribution in [2.75, 3.05) is 43.5 Å².